The van der Waals surface area contributed by atoms with E-state index in [9.17, 15) is 4.21 Å². The third-order valence-electron chi connectivity index (χ3n) is 2.64. The fraction of sp³-hybridized carbons (Fsp3) is 0.818. The van der Waals surface area contributed by atoms with Gasteiger partial charge in [-0.05, 0) is 18.8 Å². The van der Waals surface area contributed by atoms with Gasteiger partial charge in [0, 0.05) is 6.42 Å². The van der Waals surface area contributed by atoms with Gasteiger partial charge in [-0.15, -0.1) is 0 Å². The second kappa shape index (κ2) is 7.60. The topological polar surface area (TPSA) is 102 Å². The first-order chi connectivity index (χ1) is 8.52. The van der Waals surface area contributed by atoms with Crippen molar-refractivity contribution < 1.29 is 13.3 Å². The second-order valence-corrected chi connectivity index (χ2v) is 5.56. The van der Waals surface area contributed by atoms with E-state index in [0.717, 1.165) is 19.3 Å². The molecule has 0 aliphatic carbocycles. The molecule has 0 aromatic carbocycles. The smallest absolute Gasteiger partial charge is 0.243 e. The maximum Gasteiger partial charge on any atom is 0.243 e. The quantitative estimate of drug-likeness (QED) is 0.699. The largest absolute Gasteiger partial charge is 0.338 e. The number of nitrogens with two attached hydrogens (primary N) is 1. The zero-order chi connectivity index (χ0) is 13.5. The Morgan fingerprint density at radius 3 is 2.89 bits per heavy atom. The molecule has 104 valence electrons. The Bertz CT molecular complexity index is 383. The predicted molar refractivity (Wildman–Crippen MR) is 69.3 cm³/mol. The molecule has 18 heavy (non-hydrogen) atoms. The van der Waals surface area contributed by atoms with E-state index < -0.39 is 11.1 Å². The van der Waals surface area contributed by atoms with Crippen LogP contribution >= 0.6 is 0 Å². The number of aryl methyl sites for hydroxylation is 1. The number of aromatic nitrogens is 2. The number of unbranched alkanes of at least 4 members (excludes halogenated alkanes) is 1. The van der Waals surface area contributed by atoms with Crippen molar-refractivity contribution in [2.75, 3.05) is 5.75 Å². The molecule has 0 fully saturated rings. The number of rotatable bonds is 8. The molecule has 0 radical (unpaired) electrons. The molecule has 1 rings (SSSR count). The van der Waals surface area contributed by atoms with Gasteiger partial charge < -0.3 is 14.8 Å². The highest BCUT2D eigenvalue weighted by molar-refractivity contribution is 7.79. The van der Waals surface area contributed by atoms with E-state index in [1.54, 1.807) is 0 Å². The number of hydrogen-bond donors (Lipinski definition) is 2. The van der Waals surface area contributed by atoms with Crippen molar-refractivity contribution in [2.24, 2.45) is 11.7 Å². The first kappa shape index (κ1) is 15.3. The van der Waals surface area contributed by atoms with Gasteiger partial charge >= 0.3 is 0 Å². The standard InChI is InChI=1S/C11H21N3O3S/c1-3-4-5-10-13-11(17-14-10)9(12)6-8(2)7-18(15)16/h8-9H,3-7,12H2,1-2H3,(H,15,16). The van der Waals surface area contributed by atoms with Crippen LogP contribution in [-0.2, 0) is 17.5 Å². The Balaban J connectivity index is 2.48. The van der Waals surface area contributed by atoms with Gasteiger partial charge in [0.1, 0.15) is 0 Å². The van der Waals surface area contributed by atoms with Crippen LogP contribution in [0.25, 0.3) is 0 Å². The molecular weight excluding hydrogens is 254 g/mol. The molecule has 0 amide bonds. The maximum absolute atomic E-state index is 10.7. The van der Waals surface area contributed by atoms with Gasteiger partial charge in [-0.3, -0.25) is 0 Å². The molecule has 0 aliphatic rings. The summed E-state index contributed by atoms with van der Waals surface area (Å²) in [5, 5.41) is 3.87. The maximum atomic E-state index is 10.7. The summed E-state index contributed by atoms with van der Waals surface area (Å²) in [6.07, 6.45) is 3.45. The molecule has 3 unspecified atom stereocenters. The van der Waals surface area contributed by atoms with Gasteiger partial charge in [-0.2, -0.15) is 4.98 Å². The third-order valence-corrected chi connectivity index (χ3v) is 3.49. The van der Waals surface area contributed by atoms with Crippen molar-refractivity contribution in [1.82, 2.24) is 10.1 Å². The first-order valence-electron chi connectivity index (χ1n) is 6.18. The zero-order valence-corrected chi connectivity index (χ0v) is 11.7. The van der Waals surface area contributed by atoms with Crippen LogP contribution in [0, 0.1) is 5.92 Å². The van der Waals surface area contributed by atoms with E-state index in [-0.39, 0.29) is 17.7 Å². The molecule has 0 spiro atoms. The van der Waals surface area contributed by atoms with Gasteiger partial charge in [-0.25, -0.2) is 4.21 Å². The zero-order valence-electron chi connectivity index (χ0n) is 10.8. The van der Waals surface area contributed by atoms with Crippen LogP contribution in [0.5, 0.6) is 0 Å². The van der Waals surface area contributed by atoms with Crippen molar-refractivity contribution in [3.05, 3.63) is 11.7 Å². The van der Waals surface area contributed by atoms with Crippen LogP contribution in [0.2, 0.25) is 0 Å². The minimum atomic E-state index is -1.79. The Morgan fingerprint density at radius 2 is 2.28 bits per heavy atom. The molecule has 0 saturated carbocycles. The van der Waals surface area contributed by atoms with E-state index in [0.29, 0.717) is 18.1 Å². The fourth-order valence-corrected chi connectivity index (χ4v) is 2.32. The van der Waals surface area contributed by atoms with Crippen LogP contribution in [0.4, 0.5) is 0 Å². The lowest BCUT2D eigenvalue weighted by Crippen LogP contribution is -2.18. The lowest BCUT2D eigenvalue weighted by molar-refractivity contribution is 0.332. The molecule has 1 aromatic rings. The molecule has 0 saturated heterocycles. The van der Waals surface area contributed by atoms with E-state index in [2.05, 4.69) is 17.1 Å². The van der Waals surface area contributed by atoms with Crippen molar-refractivity contribution >= 4 is 11.1 Å². The van der Waals surface area contributed by atoms with Crippen molar-refractivity contribution in [1.29, 1.82) is 0 Å². The normalized spacial score (nSPS) is 16.4. The van der Waals surface area contributed by atoms with Crippen LogP contribution < -0.4 is 5.73 Å². The van der Waals surface area contributed by atoms with Crippen LogP contribution in [-0.4, -0.2) is 24.7 Å². The highest BCUT2D eigenvalue weighted by atomic mass is 32.2. The molecule has 0 bridgehead atoms. The van der Waals surface area contributed by atoms with Crippen LogP contribution in [0.3, 0.4) is 0 Å². The lowest BCUT2D eigenvalue weighted by Gasteiger charge is -2.12. The van der Waals surface area contributed by atoms with Gasteiger partial charge in [0.15, 0.2) is 16.9 Å². The number of nitrogens with zero attached hydrogens (tertiary/aromatic N) is 2. The lowest BCUT2D eigenvalue weighted by atomic mass is 10.0. The average molecular weight is 275 g/mol. The molecule has 3 N–H and O–H groups in total. The van der Waals surface area contributed by atoms with Gasteiger partial charge in [-0.1, -0.05) is 25.4 Å². The summed E-state index contributed by atoms with van der Waals surface area (Å²) in [7, 11) is 0. The Labute approximate surface area is 110 Å². The van der Waals surface area contributed by atoms with E-state index >= 15 is 0 Å². The summed E-state index contributed by atoms with van der Waals surface area (Å²) >= 11 is -1.79. The minimum absolute atomic E-state index is 0.0387. The SMILES string of the molecule is CCCCc1noc(C(N)CC(C)CS(=O)O)n1. The Hall–Kier alpha value is -0.790. The highest BCUT2D eigenvalue weighted by Crippen LogP contribution is 2.18. The summed E-state index contributed by atoms with van der Waals surface area (Å²) in [5.74, 6) is 1.35. The molecule has 0 aliphatic heterocycles. The van der Waals surface area contributed by atoms with Crippen LogP contribution in [0.1, 0.15) is 50.9 Å². The van der Waals surface area contributed by atoms with Crippen molar-refractivity contribution in [3.63, 3.8) is 0 Å². The highest BCUT2D eigenvalue weighted by Gasteiger charge is 2.18. The summed E-state index contributed by atoms with van der Waals surface area (Å²) < 4.78 is 24.6. The molecule has 3 atom stereocenters. The average Bonchev–Trinajstić information content (AvgIpc) is 2.73. The monoisotopic (exact) mass is 275 g/mol. The molecule has 6 nitrogen and oxygen atoms in total. The fourth-order valence-electron chi connectivity index (χ4n) is 1.70. The van der Waals surface area contributed by atoms with Crippen molar-refractivity contribution in [3.8, 4) is 0 Å². The summed E-state index contributed by atoms with van der Waals surface area (Å²) in [6.45, 7) is 3.98. The van der Waals surface area contributed by atoms with Gasteiger partial charge in [0.2, 0.25) is 5.89 Å². The second-order valence-electron chi connectivity index (χ2n) is 4.59. The van der Waals surface area contributed by atoms with E-state index in [1.165, 1.54) is 0 Å². The Kier molecular flexibility index (Phi) is 6.45. The Morgan fingerprint density at radius 1 is 1.56 bits per heavy atom. The molecule has 1 aromatic heterocycles. The van der Waals surface area contributed by atoms with Gasteiger partial charge in [0.05, 0.1) is 11.8 Å². The molecular formula is C11H21N3O3S. The minimum Gasteiger partial charge on any atom is -0.338 e. The molecule has 1 heterocycles. The third kappa shape index (κ3) is 5.24. The number of hydrogen-bond acceptors (Lipinski definition) is 5. The van der Waals surface area contributed by atoms with Crippen molar-refractivity contribution in [2.45, 2.75) is 45.6 Å². The van der Waals surface area contributed by atoms with Crippen LogP contribution in [0.15, 0.2) is 4.52 Å². The summed E-state index contributed by atoms with van der Waals surface area (Å²) in [4.78, 5) is 4.24. The summed E-state index contributed by atoms with van der Waals surface area (Å²) in [6, 6.07) is -0.369. The molecule has 7 heteroatoms. The van der Waals surface area contributed by atoms with E-state index in [4.69, 9.17) is 14.8 Å². The predicted octanol–water partition coefficient (Wildman–Crippen LogP) is 1.66. The first-order valence-corrected chi connectivity index (χ1v) is 7.46. The summed E-state index contributed by atoms with van der Waals surface area (Å²) in [5.41, 5.74) is 5.94. The van der Waals surface area contributed by atoms with Gasteiger partial charge in [0.25, 0.3) is 0 Å². The van der Waals surface area contributed by atoms with E-state index in [1.807, 2.05) is 6.92 Å².